The number of benzene rings is 1. The number of piperidine rings is 1. The molecule has 1 amide bonds. The molecule has 1 unspecified atom stereocenters. The molecule has 19 heavy (non-hydrogen) atoms. The topological polar surface area (TPSA) is 92.6 Å². The highest BCUT2D eigenvalue weighted by Crippen LogP contribution is 2.21. The molecule has 5 N–H and O–H groups in total. The average Bonchev–Trinajstić information content (AvgIpc) is 2.41. The first kappa shape index (κ1) is 13.8. The molecule has 104 valence electrons. The molecule has 0 bridgehead atoms. The summed E-state index contributed by atoms with van der Waals surface area (Å²) < 4.78 is 0. The van der Waals surface area contributed by atoms with Crippen molar-refractivity contribution in [3.05, 3.63) is 29.3 Å². The summed E-state index contributed by atoms with van der Waals surface area (Å²) in [6.07, 6.45) is 2.19. The van der Waals surface area contributed by atoms with Gasteiger partial charge in [0.2, 0.25) is 5.91 Å². The zero-order chi connectivity index (χ0) is 13.8. The zero-order valence-corrected chi connectivity index (χ0v) is 11.0. The molecule has 5 nitrogen and oxygen atoms in total. The lowest BCUT2D eigenvalue weighted by atomic mass is 9.98. The second kappa shape index (κ2) is 6.04. The molecule has 2 rings (SSSR count). The highest BCUT2D eigenvalue weighted by molar-refractivity contribution is 5.93. The minimum Gasteiger partial charge on any atom is -0.398 e. The number of hydrogen-bond donors (Lipinski definition) is 3. The lowest BCUT2D eigenvalue weighted by molar-refractivity contribution is 0.1000. The average molecular weight is 263 g/mol. The van der Waals surface area contributed by atoms with Gasteiger partial charge < -0.3 is 16.6 Å². The molecule has 0 radical (unpaired) electrons. The molecule has 1 aromatic rings. The smallest absolute Gasteiger partial charge is 0.248 e. The number of carbonyl (C=O) groups excluding carboxylic acids is 1. The Labute approximate surface area is 113 Å². The monoisotopic (exact) mass is 263 g/mol. The molecule has 0 aliphatic carbocycles. The molecule has 5 heteroatoms. The second-order valence-electron chi connectivity index (χ2n) is 5.20. The fourth-order valence-corrected chi connectivity index (χ4v) is 2.58. The highest BCUT2D eigenvalue weighted by Gasteiger charge is 2.19. The van der Waals surface area contributed by atoms with Crippen molar-refractivity contribution in [1.82, 2.24) is 4.90 Å². The maximum Gasteiger partial charge on any atom is 0.248 e. The summed E-state index contributed by atoms with van der Waals surface area (Å²) >= 11 is 0. The summed E-state index contributed by atoms with van der Waals surface area (Å²) in [5.74, 6) is -0.101. The Balaban J connectivity index is 2.04. The largest absolute Gasteiger partial charge is 0.398 e. The van der Waals surface area contributed by atoms with Crippen LogP contribution in [0.3, 0.4) is 0 Å². The number of nitrogen functional groups attached to an aromatic ring is 1. The van der Waals surface area contributed by atoms with Crippen LogP contribution in [-0.2, 0) is 6.54 Å². The molecule has 0 saturated carbocycles. The Morgan fingerprint density at radius 1 is 1.47 bits per heavy atom. The third-order valence-corrected chi connectivity index (χ3v) is 3.69. The minimum atomic E-state index is -0.462. The molecule has 1 saturated heterocycles. The normalized spacial score (nSPS) is 20.4. The van der Waals surface area contributed by atoms with Crippen LogP contribution >= 0.6 is 0 Å². The summed E-state index contributed by atoms with van der Waals surface area (Å²) in [6, 6.07) is 5.20. The third kappa shape index (κ3) is 3.45. The number of rotatable bonds is 4. The fourth-order valence-electron chi connectivity index (χ4n) is 2.58. The fraction of sp³-hybridized carbons (Fsp3) is 0.500. The SMILES string of the molecule is NC(=O)c1ccc(CN2CCCC(CO)C2)c(N)c1. The summed E-state index contributed by atoms with van der Waals surface area (Å²) in [5, 5.41) is 9.22. The van der Waals surface area contributed by atoms with Crippen LogP contribution in [0, 0.1) is 5.92 Å². The van der Waals surface area contributed by atoms with E-state index in [1.54, 1.807) is 12.1 Å². The zero-order valence-electron chi connectivity index (χ0n) is 11.0. The molecule has 1 aliphatic heterocycles. The van der Waals surface area contributed by atoms with Gasteiger partial charge >= 0.3 is 0 Å². The van der Waals surface area contributed by atoms with Crippen LogP contribution in [0.4, 0.5) is 5.69 Å². The van der Waals surface area contributed by atoms with Crippen molar-refractivity contribution in [2.45, 2.75) is 19.4 Å². The van der Waals surface area contributed by atoms with E-state index in [-0.39, 0.29) is 6.61 Å². The Bertz CT molecular complexity index is 462. The molecule has 1 aromatic carbocycles. The van der Waals surface area contributed by atoms with E-state index < -0.39 is 5.91 Å². The first-order valence-corrected chi connectivity index (χ1v) is 6.61. The Morgan fingerprint density at radius 2 is 2.26 bits per heavy atom. The van der Waals surface area contributed by atoms with Gasteiger partial charge in [-0.15, -0.1) is 0 Å². The van der Waals surface area contributed by atoms with Gasteiger partial charge in [0.25, 0.3) is 0 Å². The number of carbonyl (C=O) groups is 1. The van der Waals surface area contributed by atoms with E-state index in [1.165, 1.54) is 0 Å². The van der Waals surface area contributed by atoms with Crippen LogP contribution in [0.2, 0.25) is 0 Å². The molecular weight excluding hydrogens is 242 g/mol. The summed E-state index contributed by atoms with van der Waals surface area (Å²) in [7, 11) is 0. The van der Waals surface area contributed by atoms with Crippen LogP contribution in [0.1, 0.15) is 28.8 Å². The molecule has 1 fully saturated rings. The van der Waals surface area contributed by atoms with E-state index in [2.05, 4.69) is 4.90 Å². The Morgan fingerprint density at radius 3 is 2.89 bits per heavy atom. The van der Waals surface area contributed by atoms with Gasteiger partial charge in [0.05, 0.1) is 0 Å². The van der Waals surface area contributed by atoms with Gasteiger partial charge in [0.15, 0.2) is 0 Å². The van der Waals surface area contributed by atoms with Crippen LogP contribution in [0.5, 0.6) is 0 Å². The van der Waals surface area contributed by atoms with E-state index in [0.717, 1.165) is 38.0 Å². The molecule has 1 aliphatic rings. The van der Waals surface area contributed by atoms with Crippen LogP contribution < -0.4 is 11.5 Å². The third-order valence-electron chi connectivity index (χ3n) is 3.69. The van der Waals surface area contributed by atoms with E-state index in [9.17, 15) is 9.90 Å². The quantitative estimate of drug-likeness (QED) is 0.692. The van der Waals surface area contributed by atoms with Crippen molar-refractivity contribution in [2.24, 2.45) is 11.7 Å². The van der Waals surface area contributed by atoms with Gasteiger partial charge in [-0.2, -0.15) is 0 Å². The lowest BCUT2D eigenvalue weighted by Crippen LogP contribution is -2.36. The second-order valence-corrected chi connectivity index (χ2v) is 5.20. The standard InChI is InChI=1S/C14H21N3O2/c15-13-6-11(14(16)19)3-4-12(13)8-17-5-1-2-10(7-17)9-18/h3-4,6,10,18H,1-2,5,7-9,15H2,(H2,16,19). The van der Waals surface area contributed by atoms with Crippen molar-refractivity contribution in [2.75, 3.05) is 25.4 Å². The van der Waals surface area contributed by atoms with Gasteiger partial charge in [-0.3, -0.25) is 9.69 Å². The van der Waals surface area contributed by atoms with Gasteiger partial charge in [-0.25, -0.2) is 0 Å². The summed E-state index contributed by atoms with van der Waals surface area (Å²) in [5.41, 5.74) is 13.2. The first-order chi connectivity index (χ1) is 9.10. The van der Waals surface area contributed by atoms with E-state index >= 15 is 0 Å². The van der Waals surface area contributed by atoms with Crippen LogP contribution in [0.15, 0.2) is 18.2 Å². The number of nitrogens with zero attached hydrogens (tertiary/aromatic N) is 1. The van der Waals surface area contributed by atoms with Crippen molar-refractivity contribution >= 4 is 11.6 Å². The first-order valence-electron chi connectivity index (χ1n) is 6.61. The number of nitrogens with two attached hydrogens (primary N) is 2. The van der Waals surface area contributed by atoms with Crippen LogP contribution in [-0.4, -0.2) is 35.6 Å². The van der Waals surface area contributed by atoms with Gasteiger partial charge in [0, 0.05) is 30.9 Å². The minimum absolute atomic E-state index is 0.243. The molecule has 0 aromatic heterocycles. The van der Waals surface area contributed by atoms with Crippen LogP contribution in [0.25, 0.3) is 0 Å². The molecule has 1 heterocycles. The maximum absolute atomic E-state index is 11.1. The number of amides is 1. The predicted octanol–water partition coefficient (Wildman–Crippen LogP) is 0.572. The Kier molecular flexibility index (Phi) is 4.39. The van der Waals surface area contributed by atoms with E-state index in [0.29, 0.717) is 17.2 Å². The Hall–Kier alpha value is -1.59. The predicted molar refractivity (Wildman–Crippen MR) is 74.5 cm³/mol. The van der Waals surface area contributed by atoms with Crippen molar-refractivity contribution < 1.29 is 9.90 Å². The van der Waals surface area contributed by atoms with E-state index in [1.807, 2.05) is 6.07 Å². The van der Waals surface area contributed by atoms with E-state index in [4.69, 9.17) is 11.5 Å². The number of aliphatic hydroxyl groups excluding tert-OH is 1. The number of hydrogen-bond acceptors (Lipinski definition) is 4. The maximum atomic E-state index is 11.1. The number of likely N-dealkylation sites (tertiary alicyclic amines) is 1. The van der Waals surface area contributed by atoms with Gasteiger partial charge in [-0.1, -0.05) is 6.07 Å². The molecule has 0 spiro atoms. The summed E-state index contributed by atoms with van der Waals surface area (Å²) in [4.78, 5) is 13.4. The number of primary amides is 1. The highest BCUT2D eigenvalue weighted by atomic mass is 16.3. The van der Waals surface area contributed by atoms with Crippen molar-refractivity contribution in [1.29, 1.82) is 0 Å². The molecular formula is C14H21N3O2. The van der Waals surface area contributed by atoms with Crippen molar-refractivity contribution in [3.63, 3.8) is 0 Å². The van der Waals surface area contributed by atoms with Gasteiger partial charge in [0.1, 0.15) is 0 Å². The number of aliphatic hydroxyl groups is 1. The number of anilines is 1. The van der Waals surface area contributed by atoms with Crippen molar-refractivity contribution in [3.8, 4) is 0 Å². The summed E-state index contributed by atoms with van der Waals surface area (Å²) in [6.45, 7) is 2.91. The van der Waals surface area contributed by atoms with Gasteiger partial charge in [-0.05, 0) is 43.0 Å². The molecule has 1 atom stereocenters. The lowest BCUT2D eigenvalue weighted by Gasteiger charge is -2.32.